The number of aromatic nitrogens is 2. The van der Waals surface area contributed by atoms with Crippen LogP contribution in [0.5, 0.6) is 0 Å². The van der Waals surface area contributed by atoms with Crippen LogP contribution in [0.4, 0.5) is 5.82 Å². The predicted octanol–water partition coefficient (Wildman–Crippen LogP) is 3.92. The van der Waals surface area contributed by atoms with Gasteiger partial charge in [-0.25, -0.2) is 0 Å². The zero-order valence-corrected chi connectivity index (χ0v) is 12.8. The van der Waals surface area contributed by atoms with E-state index in [4.69, 9.17) is 0 Å². The summed E-state index contributed by atoms with van der Waals surface area (Å²) in [5, 5.41) is 20.3. The predicted molar refractivity (Wildman–Crippen MR) is 83.6 cm³/mol. The summed E-state index contributed by atoms with van der Waals surface area (Å²) in [6.07, 6.45) is 4.12. The van der Waals surface area contributed by atoms with Crippen molar-refractivity contribution in [2.75, 3.05) is 5.32 Å². The summed E-state index contributed by atoms with van der Waals surface area (Å²) in [6.45, 7) is 0. The smallest absolute Gasteiger partial charge is 0.129 e. The van der Waals surface area contributed by atoms with Crippen LogP contribution in [0.3, 0.4) is 0 Å². The second kappa shape index (κ2) is 4.74. The highest BCUT2D eigenvalue weighted by Gasteiger charge is 2.38. The topological polar surface area (TPSA) is 64.5 Å². The van der Waals surface area contributed by atoms with Gasteiger partial charge in [0.2, 0.25) is 0 Å². The van der Waals surface area contributed by atoms with E-state index in [9.17, 15) is 5.26 Å². The van der Waals surface area contributed by atoms with Crippen molar-refractivity contribution < 1.29 is 0 Å². The van der Waals surface area contributed by atoms with Crippen molar-refractivity contribution in [1.29, 1.82) is 5.26 Å². The third-order valence-electron chi connectivity index (χ3n) is 4.14. The Morgan fingerprint density at radius 3 is 2.76 bits per heavy atom. The largest absolute Gasteiger partial charge is 0.343 e. The summed E-state index contributed by atoms with van der Waals surface area (Å²) in [6, 6.07) is 10.5. The fourth-order valence-corrected chi connectivity index (χ4v) is 3.49. The molecule has 1 aromatic carbocycles. The molecule has 1 aromatic heterocycles. The molecular weight excluding hydrogens is 328 g/mol. The van der Waals surface area contributed by atoms with Gasteiger partial charge in [-0.1, -0.05) is 34.1 Å². The molecule has 1 atom stereocenters. The first-order chi connectivity index (χ1) is 10.3. The summed E-state index contributed by atoms with van der Waals surface area (Å²) < 4.78 is 1.02. The van der Waals surface area contributed by atoms with Crippen LogP contribution in [0.15, 0.2) is 46.2 Å². The molecule has 1 saturated carbocycles. The van der Waals surface area contributed by atoms with Gasteiger partial charge in [0, 0.05) is 21.7 Å². The van der Waals surface area contributed by atoms with Crippen molar-refractivity contribution in [3.05, 3.63) is 57.3 Å². The minimum Gasteiger partial charge on any atom is -0.343 e. The van der Waals surface area contributed by atoms with Gasteiger partial charge in [0.05, 0.1) is 23.8 Å². The first-order valence-corrected chi connectivity index (χ1v) is 7.77. The van der Waals surface area contributed by atoms with Gasteiger partial charge in [-0.3, -0.25) is 5.10 Å². The van der Waals surface area contributed by atoms with Gasteiger partial charge < -0.3 is 5.32 Å². The van der Waals surface area contributed by atoms with E-state index in [1.54, 1.807) is 0 Å². The van der Waals surface area contributed by atoms with Gasteiger partial charge in [0.15, 0.2) is 0 Å². The van der Waals surface area contributed by atoms with E-state index in [2.05, 4.69) is 43.6 Å². The van der Waals surface area contributed by atoms with Crippen LogP contribution >= 0.6 is 15.9 Å². The van der Waals surface area contributed by atoms with Crippen molar-refractivity contribution in [3.63, 3.8) is 0 Å². The lowest BCUT2D eigenvalue weighted by Crippen LogP contribution is -2.19. The van der Waals surface area contributed by atoms with Crippen LogP contribution in [-0.4, -0.2) is 10.2 Å². The standard InChI is InChI=1S/C16H13BrN4/c17-13-4-2-1-3-10(13)14-11(7-18)15(9-5-6-9)20-16-12(14)8-19-21-16/h1-4,8-9,14H,5-6H2,(H2,19,20,21). The lowest BCUT2D eigenvalue weighted by atomic mass is 9.82. The minimum absolute atomic E-state index is 0.0591. The van der Waals surface area contributed by atoms with E-state index in [-0.39, 0.29) is 5.92 Å². The third-order valence-corrected chi connectivity index (χ3v) is 4.86. The van der Waals surface area contributed by atoms with Crippen LogP contribution in [0.1, 0.15) is 29.9 Å². The molecule has 2 heterocycles. The van der Waals surface area contributed by atoms with E-state index in [1.165, 1.54) is 0 Å². The van der Waals surface area contributed by atoms with Crippen LogP contribution in [-0.2, 0) is 0 Å². The van der Waals surface area contributed by atoms with Gasteiger partial charge >= 0.3 is 0 Å². The molecule has 2 N–H and O–H groups in total. The number of allylic oxidation sites excluding steroid dienone is 2. The van der Waals surface area contributed by atoms with Crippen LogP contribution in [0, 0.1) is 17.2 Å². The zero-order chi connectivity index (χ0) is 14.4. The molecule has 2 aliphatic rings. The maximum Gasteiger partial charge on any atom is 0.129 e. The Bertz CT molecular complexity index is 780. The summed E-state index contributed by atoms with van der Waals surface area (Å²) in [7, 11) is 0. The van der Waals surface area contributed by atoms with Crippen LogP contribution < -0.4 is 5.32 Å². The number of aromatic amines is 1. The van der Waals surface area contributed by atoms with Gasteiger partial charge in [-0.05, 0) is 24.5 Å². The number of nitriles is 1. The van der Waals surface area contributed by atoms with Crippen molar-refractivity contribution in [1.82, 2.24) is 10.2 Å². The van der Waals surface area contributed by atoms with E-state index in [0.717, 1.165) is 45.5 Å². The SMILES string of the molecule is N#CC1=C(C2CC2)Nc2[nH]ncc2C1c1ccccc1Br. The molecule has 0 bridgehead atoms. The summed E-state index contributed by atoms with van der Waals surface area (Å²) in [5.41, 5.74) is 4.02. The average molecular weight is 341 g/mol. The highest BCUT2D eigenvalue weighted by Crippen LogP contribution is 2.48. The third kappa shape index (κ3) is 1.98. The molecule has 1 aliphatic heterocycles. The number of benzene rings is 1. The van der Waals surface area contributed by atoms with E-state index in [0.29, 0.717) is 5.92 Å². The van der Waals surface area contributed by atoms with Crippen molar-refractivity contribution >= 4 is 21.7 Å². The first kappa shape index (κ1) is 12.7. The number of hydrogen-bond acceptors (Lipinski definition) is 3. The van der Waals surface area contributed by atoms with Gasteiger partial charge in [-0.2, -0.15) is 10.4 Å². The Labute approximate surface area is 131 Å². The molecule has 0 saturated heterocycles. The Kier molecular flexibility index (Phi) is 2.86. The fourth-order valence-electron chi connectivity index (χ4n) is 2.98. The number of nitrogens with one attached hydrogen (secondary N) is 2. The lowest BCUT2D eigenvalue weighted by molar-refractivity contribution is 0.875. The van der Waals surface area contributed by atoms with Gasteiger partial charge in [-0.15, -0.1) is 0 Å². The number of halogens is 1. The van der Waals surface area contributed by atoms with Crippen molar-refractivity contribution in [2.24, 2.45) is 5.92 Å². The maximum absolute atomic E-state index is 9.73. The average Bonchev–Trinajstić information content (AvgIpc) is 3.24. The second-order valence-corrected chi connectivity index (χ2v) is 6.35. The summed E-state index contributed by atoms with van der Waals surface area (Å²) in [4.78, 5) is 0. The highest BCUT2D eigenvalue weighted by molar-refractivity contribution is 9.10. The van der Waals surface area contributed by atoms with E-state index >= 15 is 0 Å². The Hall–Kier alpha value is -2.06. The number of H-pyrrole nitrogens is 1. The Morgan fingerprint density at radius 2 is 2.05 bits per heavy atom. The molecule has 4 rings (SSSR count). The van der Waals surface area contributed by atoms with Crippen molar-refractivity contribution in [3.8, 4) is 6.07 Å². The zero-order valence-electron chi connectivity index (χ0n) is 11.2. The first-order valence-electron chi connectivity index (χ1n) is 6.98. The highest BCUT2D eigenvalue weighted by atomic mass is 79.9. The molecule has 1 aliphatic carbocycles. The number of nitrogens with zero attached hydrogens (tertiary/aromatic N) is 2. The number of fused-ring (bicyclic) bond motifs is 1. The monoisotopic (exact) mass is 340 g/mol. The van der Waals surface area contributed by atoms with Gasteiger partial charge in [0.1, 0.15) is 5.82 Å². The van der Waals surface area contributed by atoms with Crippen LogP contribution in [0.2, 0.25) is 0 Å². The second-order valence-electron chi connectivity index (χ2n) is 5.49. The number of anilines is 1. The lowest BCUT2D eigenvalue weighted by Gasteiger charge is -2.27. The number of hydrogen-bond donors (Lipinski definition) is 2. The number of rotatable bonds is 2. The molecule has 0 spiro atoms. The van der Waals surface area contributed by atoms with Gasteiger partial charge in [0.25, 0.3) is 0 Å². The summed E-state index contributed by atoms with van der Waals surface area (Å²) >= 11 is 3.62. The minimum atomic E-state index is -0.0591. The molecule has 1 fully saturated rings. The maximum atomic E-state index is 9.73. The molecule has 21 heavy (non-hydrogen) atoms. The van der Waals surface area contributed by atoms with Crippen LogP contribution in [0.25, 0.3) is 0 Å². The molecule has 0 radical (unpaired) electrons. The van der Waals surface area contributed by atoms with E-state index < -0.39 is 0 Å². The molecule has 0 amide bonds. The Balaban J connectivity index is 1.94. The molecule has 2 aromatic rings. The summed E-state index contributed by atoms with van der Waals surface area (Å²) in [5.74, 6) is 1.34. The molecular formula is C16H13BrN4. The molecule has 104 valence electrons. The molecule has 1 unspecified atom stereocenters. The molecule has 4 nitrogen and oxygen atoms in total. The fraction of sp³-hybridized carbons (Fsp3) is 0.250. The normalized spacial score (nSPS) is 20.7. The molecule has 5 heteroatoms. The van der Waals surface area contributed by atoms with Crippen molar-refractivity contribution in [2.45, 2.75) is 18.8 Å². The quantitative estimate of drug-likeness (QED) is 0.870. The Morgan fingerprint density at radius 1 is 1.24 bits per heavy atom. The van der Waals surface area contributed by atoms with E-state index in [1.807, 2.05) is 24.4 Å².